The molecule has 2 aromatic heterocycles. The van der Waals surface area contributed by atoms with Crippen LogP contribution in [0, 0.1) is 0 Å². The first-order chi connectivity index (χ1) is 11.3. The average molecular weight is 324 g/mol. The maximum absolute atomic E-state index is 11.2. The molecule has 0 aliphatic carbocycles. The highest BCUT2D eigenvalue weighted by Crippen LogP contribution is 2.25. The van der Waals surface area contributed by atoms with Gasteiger partial charge in [0.25, 0.3) is 0 Å². The Morgan fingerprint density at radius 2 is 2.04 bits per heavy atom. The molecule has 4 rings (SSSR count). The molecular formula is C17H12N2O3S. The van der Waals surface area contributed by atoms with Gasteiger partial charge in [0, 0.05) is 10.9 Å². The SMILES string of the molecule is O=c1[nH]c2ccc(-c3csc(COc4ccccc4)n3)cc2o1. The van der Waals surface area contributed by atoms with E-state index in [-0.39, 0.29) is 0 Å². The molecule has 0 saturated heterocycles. The van der Waals surface area contributed by atoms with E-state index in [1.165, 1.54) is 11.3 Å². The van der Waals surface area contributed by atoms with Crippen molar-refractivity contribution in [1.82, 2.24) is 9.97 Å². The number of benzene rings is 2. The molecule has 0 aliphatic rings. The summed E-state index contributed by atoms with van der Waals surface area (Å²) in [5, 5.41) is 2.86. The van der Waals surface area contributed by atoms with Crippen LogP contribution in [0.1, 0.15) is 5.01 Å². The van der Waals surface area contributed by atoms with E-state index in [2.05, 4.69) is 9.97 Å². The number of hydrogen-bond acceptors (Lipinski definition) is 5. The van der Waals surface area contributed by atoms with Crippen LogP contribution in [-0.4, -0.2) is 9.97 Å². The van der Waals surface area contributed by atoms with Gasteiger partial charge in [0.05, 0.1) is 11.2 Å². The Labute approximate surface area is 135 Å². The predicted octanol–water partition coefficient (Wildman–Crippen LogP) is 3.82. The lowest BCUT2D eigenvalue weighted by molar-refractivity contribution is 0.305. The lowest BCUT2D eigenvalue weighted by Crippen LogP contribution is -1.94. The number of hydrogen-bond donors (Lipinski definition) is 1. The summed E-state index contributed by atoms with van der Waals surface area (Å²) in [5.74, 6) is 0.368. The Morgan fingerprint density at radius 1 is 1.17 bits per heavy atom. The maximum Gasteiger partial charge on any atom is 0.417 e. The minimum absolute atomic E-state index is 0.427. The first kappa shape index (κ1) is 13.8. The predicted molar refractivity (Wildman–Crippen MR) is 88.7 cm³/mol. The van der Waals surface area contributed by atoms with E-state index in [1.807, 2.05) is 53.9 Å². The van der Waals surface area contributed by atoms with Gasteiger partial charge in [0.1, 0.15) is 17.4 Å². The molecule has 0 amide bonds. The van der Waals surface area contributed by atoms with E-state index in [4.69, 9.17) is 9.15 Å². The van der Waals surface area contributed by atoms with Gasteiger partial charge in [-0.15, -0.1) is 11.3 Å². The molecule has 6 heteroatoms. The Hall–Kier alpha value is -2.86. The Bertz CT molecular complexity index is 1000. The third-order valence-corrected chi connectivity index (χ3v) is 4.20. The van der Waals surface area contributed by atoms with Crippen molar-refractivity contribution in [3.05, 3.63) is 69.5 Å². The number of nitrogens with one attached hydrogen (secondary N) is 1. The second kappa shape index (κ2) is 5.73. The number of rotatable bonds is 4. The second-order valence-corrected chi connectivity index (χ2v) is 5.90. The lowest BCUT2D eigenvalue weighted by atomic mass is 10.1. The van der Waals surface area contributed by atoms with Crippen LogP contribution in [0.15, 0.2) is 63.1 Å². The highest BCUT2D eigenvalue weighted by molar-refractivity contribution is 7.09. The van der Waals surface area contributed by atoms with Crippen molar-refractivity contribution in [2.24, 2.45) is 0 Å². The van der Waals surface area contributed by atoms with Crippen LogP contribution in [0.5, 0.6) is 5.75 Å². The van der Waals surface area contributed by atoms with Crippen molar-refractivity contribution in [2.45, 2.75) is 6.61 Å². The third kappa shape index (κ3) is 2.89. The van der Waals surface area contributed by atoms with Gasteiger partial charge in [-0.25, -0.2) is 9.78 Å². The highest BCUT2D eigenvalue weighted by atomic mass is 32.1. The topological polar surface area (TPSA) is 68.1 Å². The van der Waals surface area contributed by atoms with Gasteiger partial charge in [0.15, 0.2) is 5.58 Å². The molecule has 4 aromatic rings. The number of oxazole rings is 1. The van der Waals surface area contributed by atoms with E-state index in [1.54, 1.807) is 0 Å². The molecule has 0 atom stereocenters. The van der Waals surface area contributed by atoms with Crippen LogP contribution in [0.25, 0.3) is 22.4 Å². The zero-order chi connectivity index (χ0) is 15.6. The number of thiazole rings is 1. The molecular weight excluding hydrogens is 312 g/mol. The second-order valence-electron chi connectivity index (χ2n) is 4.95. The van der Waals surface area contributed by atoms with Gasteiger partial charge in [-0.2, -0.15) is 0 Å². The van der Waals surface area contributed by atoms with Crippen LogP contribution in [0.3, 0.4) is 0 Å². The summed E-state index contributed by atoms with van der Waals surface area (Å²) in [5.41, 5.74) is 2.96. The molecule has 5 nitrogen and oxygen atoms in total. The Kier molecular flexibility index (Phi) is 3.44. The number of aromatic amines is 1. The normalized spacial score (nSPS) is 11.0. The summed E-state index contributed by atoms with van der Waals surface area (Å²) < 4.78 is 10.8. The number of nitrogens with zero attached hydrogens (tertiary/aromatic N) is 1. The summed E-state index contributed by atoms with van der Waals surface area (Å²) in [6, 6.07) is 15.2. The van der Waals surface area contributed by atoms with Gasteiger partial charge in [0.2, 0.25) is 0 Å². The van der Waals surface area contributed by atoms with E-state index >= 15 is 0 Å². The number of aromatic nitrogens is 2. The van der Waals surface area contributed by atoms with Crippen LogP contribution >= 0.6 is 11.3 Å². The minimum Gasteiger partial charge on any atom is -0.486 e. The van der Waals surface area contributed by atoms with Gasteiger partial charge in [-0.05, 0) is 24.3 Å². The standard InChI is InChI=1S/C17H12N2O3S/c20-17-19-13-7-6-11(8-15(13)22-17)14-10-23-16(18-14)9-21-12-4-2-1-3-5-12/h1-8,10H,9H2,(H,19,20). The molecule has 0 fully saturated rings. The van der Waals surface area contributed by atoms with Crippen molar-refractivity contribution in [2.75, 3.05) is 0 Å². The van der Waals surface area contributed by atoms with E-state index in [9.17, 15) is 4.79 Å². The molecule has 23 heavy (non-hydrogen) atoms. The summed E-state index contributed by atoms with van der Waals surface area (Å²) in [4.78, 5) is 18.4. The number of H-pyrrole nitrogens is 1. The van der Waals surface area contributed by atoms with E-state index in [0.717, 1.165) is 22.0 Å². The highest BCUT2D eigenvalue weighted by Gasteiger charge is 2.08. The summed E-state index contributed by atoms with van der Waals surface area (Å²) >= 11 is 1.54. The van der Waals surface area contributed by atoms with Crippen molar-refractivity contribution < 1.29 is 9.15 Å². The van der Waals surface area contributed by atoms with Gasteiger partial charge < -0.3 is 9.15 Å². The van der Waals surface area contributed by atoms with Crippen molar-refractivity contribution in [3.8, 4) is 17.0 Å². The van der Waals surface area contributed by atoms with Gasteiger partial charge >= 0.3 is 5.76 Å². The van der Waals surface area contributed by atoms with Crippen LogP contribution in [0.4, 0.5) is 0 Å². The molecule has 0 radical (unpaired) electrons. The monoisotopic (exact) mass is 324 g/mol. The largest absolute Gasteiger partial charge is 0.486 e. The fraction of sp³-hybridized carbons (Fsp3) is 0.0588. The van der Waals surface area contributed by atoms with Crippen molar-refractivity contribution >= 4 is 22.4 Å². The zero-order valence-corrected chi connectivity index (χ0v) is 12.8. The van der Waals surface area contributed by atoms with Gasteiger partial charge in [-0.3, -0.25) is 4.98 Å². The van der Waals surface area contributed by atoms with E-state index < -0.39 is 5.76 Å². The minimum atomic E-state index is -0.452. The Balaban J connectivity index is 1.55. The summed E-state index contributed by atoms with van der Waals surface area (Å²) in [6.45, 7) is 0.427. The zero-order valence-electron chi connectivity index (χ0n) is 12.0. The molecule has 2 heterocycles. The Morgan fingerprint density at radius 3 is 2.91 bits per heavy atom. The van der Waals surface area contributed by atoms with Crippen LogP contribution in [-0.2, 0) is 6.61 Å². The van der Waals surface area contributed by atoms with E-state index in [0.29, 0.717) is 17.7 Å². The molecule has 2 aromatic carbocycles. The molecule has 0 spiro atoms. The fourth-order valence-corrected chi connectivity index (χ4v) is 2.99. The average Bonchev–Trinajstić information content (AvgIpc) is 3.18. The number of para-hydroxylation sites is 1. The summed E-state index contributed by atoms with van der Waals surface area (Å²) in [7, 11) is 0. The van der Waals surface area contributed by atoms with Crippen molar-refractivity contribution in [3.63, 3.8) is 0 Å². The number of fused-ring (bicyclic) bond motifs is 1. The first-order valence-electron chi connectivity index (χ1n) is 7.03. The molecule has 0 saturated carbocycles. The molecule has 0 aliphatic heterocycles. The van der Waals surface area contributed by atoms with Gasteiger partial charge in [-0.1, -0.05) is 24.3 Å². The number of ether oxygens (including phenoxy) is 1. The quantitative estimate of drug-likeness (QED) is 0.619. The van der Waals surface area contributed by atoms with Crippen LogP contribution < -0.4 is 10.5 Å². The fourth-order valence-electron chi connectivity index (χ4n) is 2.28. The maximum atomic E-state index is 11.2. The molecule has 114 valence electrons. The third-order valence-electron chi connectivity index (χ3n) is 3.37. The first-order valence-corrected chi connectivity index (χ1v) is 7.91. The molecule has 1 N–H and O–H groups in total. The van der Waals surface area contributed by atoms with Crippen LogP contribution in [0.2, 0.25) is 0 Å². The smallest absolute Gasteiger partial charge is 0.417 e. The molecule has 0 unspecified atom stereocenters. The molecule has 0 bridgehead atoms. The van der Waals surface area contributed by atoms with Crippen molar-refractivity contribution in [1.29, 1.82) is 0 Å². The lowest BCUT2D eigenvalue weighted by Gasteiger charge is -2.02. The summed E-state index contributed by atoms with van der Waals surface area (Å²) in [6.07, 6.45) is 0.